The molecule has 3 nitrogen and oxygen atoms in total. The minimum Gasteiger partial charge on any atom is -0.335 e. The van der Waals surface area contributed by atoms with Crippen LogP contribution in [0.5, 0.6) is 0 Å². The fraction of sp³-hybridized carbons (Fsp3) is 0.273. The number of hydrogen-bond acceptors (Lipinski definition) is 4. The second-order valence-electron chi connectivity index (χ2n) is 6.29. The van der Waals surface area contributed by atoms with Gasteiger partial charge in [0, 0.05) is 16.5 Å². The number of rotatable bonds is 6. The Morgan fingerprint density at radius 1 is 1.15 bits per heavy atom. The highest BCUT2D eigenvalue weighted by Gasteiger charge is 2.17. The second-order valence-corrected chi connectivity index (χ2v) is 7.58. The molecule has 1 aliphatic rings. The molecule has 0 saturated heterocycles. The van der Waals surface area contributed by atoms with Crippen molar-refractivity contribution in [2.24, 2.45) is 4.99 Å². The number of nitrogens with zero attached hydrogens (tertiary/aromatic N) is 1. The molecule has 0 radical (unpaired) electrons. The Bertz CT molecular complexity index is 807. The average molecular weight is 365 g/mol. The smallest absolute Gasteiger partial charge is 0.185 e. The predicted molar refractivity (Wildman–Crippen MR) is 113 cm³/mol. The largest absolute Gasteiger partial charge is 0.335 e. The third-order valence-electron chi connectivity index (χ3n) is 4.41. The first-order chi connectivity index (χ1) is 12.7. The van der Waals surface area contributed by atoms with Crippen LogP contribution in [-0.2, 0) is 6.42 Å². The molecule has 3 rings (SSSR count). The van der Waals surface area contributed by atoms with Gasteiger partial charge >= 0.3 is 0 Å². The van der Waals surface area contributed by atoms with Crippen molar-refractivity contribution in [3.8, 4) is 0 Å². The number of nitrogens with one attached hydrogen (secondary N) is 1. The van der Waals surface area contributed by atoms with Crippen LogP contribution in [0, 0.1) is 0 Å². The van der Waals surface area contributed by atoms with Gasteiger partial charge < -0.3 is 5.32 Å². The van der Waals surface area contributed by atoms with Crippen LogP contribution in [0.25, 0.3) is 6.08 Å². The molecule has 0 spiro atoms. The van der Waals surface area contributed by atoms with Gasteiger partial charge in [0.15, 0.2) is 11.0 Å². The molecule has 0 aliphatic carbocycles. The molecule has 26 heavy (non-hydrogen) atoms. The molecule has 1 aliphatic heterocycles. The van der Waals surface area contributed by atoms with Crippen molar-refractivity contribution in [3.63, 3.8) is 0 Å². The number of thioether (sulfide) groups is 1. The third kappa shape index (κ3) is 4.85. The van der Waals surface area contributed by atoms with Gasteiger partial charge in [-0.2, -0.15) is 0 Å². The Balaban J connectivity index is 1.58. The Labute approximate surface area is 159 Å². The summed E-state index contributed by atoms with van der Waals surface area (Å²) in [4.78, 5) is 16.9. The predicted octanol–water partition coefficient (Wildman–Crippen LogP) is 5.44. The van der Waals surface area contributed by atoms with Crippen molar-refractivity contribution in [1.82, 2.24) is 0 Å². The van der Waals surface area contributed by atoms with E-state index in [4.69, 9.17) is 0 Å². The molecule has 134 valence electrons. The summed E-state index contributed by atoms with van der Waals surface area (Å²) < 4.78 is 0. The van der Waals surface area contributed by atoms with E-state index in [9.17, 15) is 4.79 Å². The summed E-state index contributed by atoms with van der Waals surface area (Å²) in [6.07, 6.45) is 5.64. The maximum Gasteiger partial charge on any atom is 0.185 e. The lowest BCUT2D eigenvalue weighted by Gasteiger charge is -2.07. The number of aryl methyl sites for hydroxylation is 1. The summed E-state index contributed by atoms with van der Waals surface area (Å²) in [6.45, 7) is 5.19. The van der Waals surface area contributed by atoms with Crippen LogP contribution in [0.15, 0.2) is 59.6 Å². The van der Waals surface area contributed by atoms with E-state index in [-0.39, 0.29) is 5.78 Å². The minimum absolute atomic E-state index is 0.00903. The van der Waals surface area contributed by atoms with Gasteiger partial charge in [0.05, 0.1) is 6.54 Å². The SMILES string of the molecule is CCc1ccc(/C=C/C(=O)c2ccc(NC3=NCC(CC)S3)cc2)cc1. The van der Waals surface area contributed by atoms with Gasteiger partial charge in [-0.1, -0.05) is 56.0 Å². The molecule has 1 atom stereocenters. The van der Waals surface area contributed by atoms with Gasteiger partial charge in [0.1, 0.15) is 0 Å². The van der Waals surface area contributed by atoms with E-state index >= 15 is 0 Å². The van der Waals surface area contributed by atoms with Crippen molar-refractivity contribution < 1.29 is 4.79 Å². The van der Waals surface area contributed by atoms with E-state index in [1.807, 2.05) is 42.5 Å². The number of anilines is 1. The van der Waals surface area contributed by atoms with Crippen LogP contribution < -0.4 is 5.32 Å². The minimum atomic E-state index is 0.00903. The summed E-state index contributed by atoms with van der Waals surface area (Å²) in [5, 5.41) is 4.87. The molecule has 0 aromatic heterocycles. The summed E-state index contributed by atoms with van der Waals surface area (Å²) in [7, 11) is 0. The Kier molecular flexibility index (Phi) is 6.29. The molecular weight excluding hydrogens is 340 g/mol. The van der Waals surface area contributed by atoms with E-state index in [1.54, 1.807) is 17.8 Å². The molecule has 2 aromatic carbocycles. The van der Waals surface area contributed by atoms with Gasteiger partial charge in [-0.05, 0) is 54.3 Å². The van der Waals surface area contributed by atoms with E-state index in [0.717, 1.165) is 35.8 Å². The summed E-state index contributed by atoms with van der Waals surface area (Å²) in [5.41, 5.74) is 3.98. The lowest BCUT2D eigenvalue weighted by atomic mass is 10.1. The number of hydrogen-bond donors (Lipinski definition) is 1. The number of amidine groups is 1. The summed E-state index contributed by atoms with van der Waals surface area (Å²) >= 11 is 1.79. The molecular formula is C22H24N2OS. The van der Waals surface area contributed by atoms with Gasteiger partial charge in [-0.25, -0.2) is 0 Å². The molecule has 1 unspecified atom stereocenters. The highest BCUT2D eigenvalue weighted by atomic mass is 32.2. The van der Waals surface area contributed by atoms with Crippen molar-refractivity contribution in [2.45, 2.75) is 31.9 Å². The van der Waals surface area contributed by atoms with Gasteiger partial charge in [-0.15, -0.1) is 0 Å². The number of ketones is 1. The van der Waals surface area contributed by atoms with Gasteiger partial charge in [0.25, 0.3) is 0 Å². The quantitative estimate of drug-likeness (QED) is 0.548. The fourth-order valence-corrected chi connectivity index (χ4v) is 3.63. The Morgan fingerprint density at radius 2 is 1.88 bits per heavy atom. The maximum absolute atomic E-state index is 12.3. The van der Waals surface area contributed by atoms with Crippen LogP contribution in [0.2, 0.25) is 0 Å². The third-order valence-corrected chi connectivity index (χ3v) is 5.68. The van der Waals surface area contributed by atoms with Crippen LogP contribution in [-0.4, -0.2) is 22.7 Å². The topological polar surface area (TPSA) is 41.5 Å². The molecule has 1 N–H and O–H groups in total. The number of carbonyl (C=O) groups is 1. The van der Waals surface area contributed by atoms with Gasteiger partial charge in [0.2, 0.25) is 0 Å². The maximum atomic E-state index is 12.3. The standard InChI is InChI=1S/C22H24N2OS/c1-3-16-5-7-17(8-6-16)9-14-21(25)18-10-12-19(13-11-18)24-22-23-15-20(4-2)26-22/h5-14,20H,3-4,15H2,1-2H3,(H,23,24)/b14-9+. The van der Waals surface area contributed by atoms with Crippen LogP contribution >= 0.6 is 11.8 Å². The number of carbonyl (C=O) groups excluding carboxylic acids is 1. The molecule has 4 heteroatoms. The van der Waals surface area contributed by atoms with Crippen molar-refractivity contribution in [3.05, 3.63) is 71.3 Å². The van der Waals surface area contributed by atoms with Crippen molar-refractivity contribution >= 4 is 34.5 Å². The zero-order valence-electron chi connectivity index (χ0n) is 15.2. The van der Waals surface area contributed by atoms with Crippen molar-refractivity contribution in [1.29, 1.82) is 0 Å². The molecule has 0 amide bonds. The van der Waals surface area contributed by atoms with E-state index in [1.165, 1.54) is 5.56 Å². The van der Waals surface area contributed by atoms with E-state index in [0.29, 0.717) is 10.8 Å². The molecule has 0 fully saturated rings. The summed E-state index contributed by atoms with van der Waals surface area (Å²) in [5.74, 6) is 0.00903. The second kappa shape index (κ2) is 8.86. The lowest BCUT2D eigenvalue weighted by molar-refractivity contribution is 0.104. The molecule has 0 saturated carbocycles. The first-order valence-electron chi connectivity index (χ1n) is 9.07. The number of benzene rings is 2. The Morgan fingerprint density at radius 3 is 2.50 bits per heavy atom. The molecule has 1 heterocycles. The number of allylic oxidation sites excluding steroid dienone is 1. The number of aliphatic imine (C=N–C) groups is 1. The lowest BCUT2D eigenvalue weighted by Crippen LogP contribution is -2.07. The molecule has 0 bridgehead atoms. The first-order valence-corrected chi connectivity index (χ1v) is 9.95. The van der Waals surface area contributed by atoms with Crippen LogP contribution in [0.1, 0.15) is 41.8 Å². The van der Waals surface area contributed by atoms with Crippen LogP contribution in [0.3, 0.4) is 0 Å². The summed E-state index contributed by atoms with van der Waals surface area (Å²) in [6, 6.07) is 15.8. The highest BCUT2D eigenvalue weighted by molar-refractivity contribution is 8.15. The highest BCUT2D eigenvalue weighted by Crippen LogP contribution is 2.24. The monoisotopic (exact) mass is 364 g/mol. The van der Waals surface area contributed by atoms with Crippen molar-refractivity contribution in [2.75, 3.05) is 11.9 Å². The molecule has 2 aromatic rings. The fourth-order valence-electron chi connectivity index (χ4n) is 2.67. The van der Waals surface area contributed by atoms with Crippen LogP contribution in [0.4, 0.5) is 5.69 Å². The zero-order chi connectivity index (χ0) is 18.4. The van der Waals surface area contributed by atoms with E-state index < -0.39 is 0 Å². The van der Waals surface area contributed by atoms with Gasteiger partial charge in [-0.3, -0.25) is 9.79 Å². The normalized spacial score (nSPS) is 16.7. The van der Waals surface area contributed by atoms with E-state index in [2.05, 4.69) is 36.3 Å². The Hall–Kier alpha value is -2.33. The first kappa shape index (κ1) is 18.5. The average Bonchev–Trinajstić information content (AvgIpc) is 3.14. The zero-order valence-corrected chi connectivity index (χ0v) is 16.1.